The molecule has 18 heavy (non-hydrogen) atoms. The molecule has 0 fully saturated rings. The van der Waals surface area contributed by atoms with Crippen molar-refractivity contribution in [3.8, 4) is 5.75 Å². The van der Waals surface area contributed by atoms with E-state index in [9.17, 15) is 4.79 Å². The van der Waals surface area contributed by atoms with Gasteiger partial charge in [0, 0.05) is 19.6 Å². The van der Waals surface area contributed by atoms with Gasteiger partial charge in [-0.2, -0.15) is 0 Å². The first kappa shape index (κ1) is 14.5. The maximum absolute atomic E-state index is 11.6. The summed E-state index contributed by atoms with van der Waals surface area (Å²) in [6.45, 7) is 4.66. The van der Waals surface area contributed by atoms with Crippen LogP contribution in [0.4, 0.5) is 0 Å². The Balaban J connectivity index is 2.54. The Bertz CT molecular complexity index is 391. The molecule has 0 radical (unpaired) electrons. The van der Waals surface area contributed by atoms with Gasteiger partial charge in [-0.05, 0) is 38.0 Å². The fourth-order valence-electron chi connectivity index (χ4n) is 1.57. The van der Waals surface area contributed by atoms with Crippen LogP contribution in [-0.4, -0.2) is 37.0 Å². The topological polar surface area (TPSA) is 55.6 Å². The standard InChI is InChI=1S/C14H22N2O2/c1-4-16(3)14(17)10-18-13-7-5-6-12(9-13)8-11(2)15/h5-7,9,11H,4,8,10,15H2,1-3H3. The zero-order valence-electron chi connectivity index (χ0n) is 11.3. The lowest BCUT2D eigenvalue weighted by atomic mass is 10.1. The number of hydrogen-bond donors (Lipinski definition) is 1. The van der Waals surface area contributed by atoms with Gasteiger partial charge >= 0.3 is 0 Å². The minimum Gasteiger partial charge on any atom is -0.484 e. The zero-order valence-corrected chi connectivity index (χ0v) is 11.3. The van der Waals surface area contributed by atoms with Crippen molar-refractivity contribution in [1.82, 2.24) is 4.90 Å². The van der Waals surface area contributed by atoms with E-state index in [0.29, 0.717) is 12.3 Å². The zero-order chi connectivity index (χ0) is 13.5. The lowest BCUT2D eigenvalue weighted by Crippen LogP contribution is -2.31. The number of nitrogens with zero attached hydrogens (tertiary/aromatic N) is 1. The summed E-state index contributed by atoms with van der Waals surface area (Å²) in [7, 11) is 1.76. The number of nitrogens with two attached hydrogens (primary N) is 1. The summed E-state index contributed by atoms with van der Waals surface area (Å²) in [6, 6.07) is 7.83. The van der Waals surface area contributed by atoms with E-state index in [-0.39, 0.29) is 18.6 Å². The maximum Gasteiger partial charge on any atom is 0.260 e. The van der Waals surface area contributed by atoms with E-state index < -0.39 is 0 Å². The first-order chi connectivity index (χ1) is 8.52. The van der Waals surface area contributed by atoms with Crippen LogP contribution in [0.5, 0.6) is 5.75 Å². The molecule has 1 amide bonds. The van der Waals surface area contributed by atoms with E-state index >= 15 is 0 Å². The molecule has 1 aromatic rings. The van der Waals surface area contributed by atoms with Gasteiger partial charge in [-0.1, -0.05) is 12.1 Å². The molecular formula is C14H22N2O2. The average Bonchev–Trinajstić information content (AvgIpc) is 2.34. The molecule has 4 heteroatoms. The summed E-state index contributed by atoms with van der Waals surface area (Å²) in [5, 5.41) is 0. The van der Waals surface area contributed by atoms with Gasteiger partial charge in [0.1, 0.15) is 5.75 Å². The number of benzene rings is 1. The first-order valence-electron chi connectivity index (χ1n) is 6.24. The van der Waals surface area contributed by atoms with Gasteiger partial charge in [0.25, 0.3) is 5.91 Å². The van der Waals surface area contributed by atoms with Crippen molar-refractivity contribution in [1.29, 1.82) is 0 Å². The third-order valence-electron chi connectivity index (χ3n) is 2.72. The minimum atomic E-state index is -0.0184. The van der Waals surface area contributed by atoms with Crippen molar-refractivity contribution in [2.24, 2.45) is 5.73 Å². The number of ether oxygens (including phenoxy) is 1. The Morgan fingerprint density at radius 1 is 1.50 bits per heavy atom. The predicted molar refractivity (Wildman–Crippen MR) is 72.6 cm³/mol. The Morgan fingerprint density at radius 2 is 2.22 bits per heavy atom. The van der Waals surface area contributed by atoms with Gasteiger partial charge in [-0.3, -0.25) is 4.79 Å². The van der Waals surface area contributed by atoms with Crippen molar-refractivity contribution < 1.29 is 9.53 Å². The van der Waals surface area contributed by atoms with Gasteiger partial charge in [0.15, 0.2) is 6.61 Å². The molecule has 0 aliphatic heterocycles. The summed E-state index contributed by atoms with van der Waals surface area (Å²) in [5.41, 5.74) is 6.88. The lowest BCUT2D eigenvalue weighted by Gasteiger charge is -2.15. The number of carbonyl (C=O) groups is 1. The van der Waals surface area contributed by atoms with E-state index in [1.165, 1.54) is 0 Å². The lowest BCUT2D eigenvalue weighted by molar-refractivity contribution is -0.131. The molecule has 100 valence electrons. The van der Waals surface area contributed by atoms with Crippen molar-refractivity contribution in [2.75, 3.05) is 20.2 Å². The molecule has 0 saturated heterocycles. The van der Waals surface area contributed by atoms with E-state index in [0.717, 1.165) is 12.0 Å². The van der Waals surface area contributed by atoms with Gasteiger partial charge in [0.05, 0.1) is 0 Å². The highest BCUT2D eigenvalue weighted by Gasteiger charge is 2.07. The predicted octanol–water partition coefficient (Wildman–Crippen LogP) is 1.43. The van der Waals surface area contributed by atoms with E-state index in [1.54, 1.807) is 11.9 Å². The molecule has 0 aromatic heterocycles. The van der Waals surface area contributed by atoms with E-state index in [1.807, 2.05) is 38.1 Å². The molecule has 0 saturated carbocycles. The first-order valence-corrected chi connectivity index (χ1v) is 6.24. The number of rotatable bonds is 6. The highest BCUT2D eigenvalue weighted by molar-refractivity contribution is 5.77. The number of likely N-dealkylation sites (N-methyl/N-ethyl adjacent to an activating group) is 1. The highest BCUT2D eigenvalue weighted by atomic mass is 16.5. The third kappa shape index (κ3) is 4.75. The fourth-order valence-corrected chi connectivity index (χ4v) is 1.57. The Labute approximate surface area is 109 Å². The fraction of sp³-hybridized carbons (Fsp3) is 0.500. The smallest absolute Gasteiger partial charge is 0.260 e. The molecule has 0 spiro atoms. The van der Waals surface area contributed by atoms with E-state index in [4.69, 9.17) is 10.5 Å². The second kappa shape index (κ2) is 7.01. The van der Waals surface area contributed by atoms with Crippen LogP contribution >= 0.6 is 0 Å². The van der Waals surface area contributed by atoms with E-state index in [2.05, 4.69) is 0 Å². The minimum absolute atomic E-state index is 0.0184. The summed E-state index contributed by atoms with van der Waals surface area (Å²) >= 11 is 0. The van der Waals surface area contributed by atoms with Crippen molar-refractivity contribution in [3.63, 3.8) is 0 Å². The third-order valence-corrected chi connectivity index (χ3v) is 2.72. The molecule has 1 aromatic carbocycles. The van der Waals surface area contributed by atoms with Gasteiger partial charge in [-0.15, -0.1) is 0 Å². The van der Waals surface area contributed by atoms with Crippen molar-refractivity contribution in [2.45, 2.75) is 26.3 Å². The quantitative estimate of drug-likeness (QED) is 0.831. The van der Waals surface area contributed by atoms with Gasteiger partial charge in [-0.25, -0.2) is 0 Å². The van der Waals surface area contributed by atoms with Crippen LogP contribution in [0.25, 0.3) is 0 Å². The average molecular weight is 250 g/mol. The van der Waals surface area contributed by atoms with Crippen LogP contribution in [-0.2, 0) is 11.2 Å². The molecule has 0 aliphatic carbocycles. The summed E-state index contributed by atoms with van der Waals surface area (Å²) in [6.07, 6.45) is 0.806. The number of amides is 1. The summed E-state index contributed by atoms with van der Waals surface area (Å²) in [5.74, 6) is 0.695. The van der Waals surface area contributed by atoms with Gasteiger partial charge in [0.2, 0.25) is 0 Å². The second-order valence-electron chi connectivity index (χ2n) is 4.53. The Morgan fingerprint density at radius 3 is 2.83 bits per heavy atom. The molecule has 0 bridgehead atoms. The highest BCUT2D eigenvalue weighted by Crippen LogP contribution is 2.14. The molecule has 1 rings (SSSR count). The van der Waals surface area contributed by atoms with Crippen LogP contribution < -0.4 is 10.5 Å². The molecule has 1 unspecified atom stereocenters. The molecule has 0 aliphatic rings. The second-order valence-corrected chi connectivity index (χ2v) is 4.53. The summed E-state index contributed by atoms with van der Waals surface area (Å²) in [4.78, 5) is 13.2. The number of hydrogen-bond acceptors (Lipinski definition) is 3. The van der Waals surface area contributed by atoms with Crippen LogP contribution in [0.3, 0.4) is 0 Å². The molecule has 4 nitrogen and oxygen atoms in total. The number of carbonyl (C=O) groups excluding carboxylic acids is 1. The van der Waals surface area contributed by atoms with Crippen LogP contribution in [0.2, 0.25) is 0 Å². The maximum atomic E-state index is 11.6. The SMILES string of the molecule is CCN(C)C(=O)COc1cccc(CC(C)N)c1. The Hall–Kier alpha value is -1.55. The molecule has 0 heterocycles. The van der Waals surface area contributed by atoms with Crippen LogP contribution in [0.1, 0.15) is 19.4 Å². The van der Waals surface area contributed by atoms with Crippen LogP contribution in [0.15, 0.2) is 24.3 Å². The van der Waals surface area contributed by atoms with Crippen LogP contribution in [0, 0.1) is 0 Å². The summed E-state index contributed by atoms with van der Waals surface area (Å²) < 4.78 is 5.48. The van der Waals surface area contributed by atoms with Gasteiger partial charge < -0.3 is 15.4 Å². The van der Waals surface area contributed by atoms with Crippen molar-refractivity contribution >= 4 is 5.91 Å². The Kier molecular flexibility index (Phi) is 5.65. The molecular weight excluding hydrogens is 228 g/mol. The monoisotopic (exact) mass is 250 g/mol. The normalized spacial score (nSPS) is 12.0. The largest absolute Gasteiger partial charge is 0.484 e. The molecule has 1 atom stereocenters. The molecule has 2 N–H and O–H groups in total. The van der Waals surface area contributed by atoms with Crippen molar-refractivity contribution in [3.05, 3.63) is 29.8 Å².